The Hall–Kier alpha value is -2.86. The smallest absolute Gasteiger partial charge is 0.279 e. The Bertz CT molecular complexity index is 1010. The number of hydrogen-bond donors (Lipinski definition) is 1. The minimum atomic E-state index is -0.527. The van der Waals surface area contributed by atoms with Crippen molar-refractivity contribution in [3.63, 3.8) is 0 Å². The molecule has 3 rings (SSSR count). The van der Waals surface area contributed by atoms with Crippen LogP contribution in [0.2, 0.25) is 5.15 Å². The molecule has 0 unspecified atom stereocenters. The first kappa shape index (κ1) is 16.0. The van der Waals surface area contributed by atoms with Crippen molar-refractivity contribution in [3.05, 3.63) is 69.1 Å². The fourth-order valence-electron chi connectivity index (χ4n) is 2.56. The van der Waals surface area contributed by atoms with Gasteiger partial charge < -0.3 is 9.94 Å². The molecule has 0 aliphatic heterocycles. The maximum absolute atomic E-state index is 12.5. The third-order valence-corrected chi connectivity index (χ3v) is 3.90. The van der Waals surface area contributed by atoms with Crippen LogP contribution in [0.25, 0.3) is 10.8 Å². The summed E-state index contributed by atoms with van der Waals surface area (Å²) in [7, 11) is 2.82. The maximum Gasteiger partial charge on any atom is 0.279 e. The van der Waals surface area contributed by atoms with E-state index in [1.807, 2.05) is 36.4 Å². The summed E-state index contributed by atoms with van der Waals surface area (Å²) >= 11 is 5.92. The van der Waals surface area contributed by atoms with Crippen LogP contribution in [0.3, 0.4) is 0 Å². The van der Waals surface area contributed by atoms with Gasteiger partial charge in [0.1, 0.15) is 18.4 Å². The lowest BCUT2D eigenvalue weighted by Crippen LogP contribution is -2.27. The summed E-state index contributed by atoms with van der Waals surface area (Å²) < 4.78 is 1.05. The van der Waals surface area contributed by atoms with E-state index < -0.39 is 11.3 Å². The molecular formula is C17H14ClN3O3. The Morgan fingerprint density at radius 3 is 2.71 bits per heavy atom. The van der Waals surface area contributed by atoms with Crippen LogP contribution in [0.1, 0.15) is 11.1 Å². The number of benzene rings is 2. The minimum Gasteiger partial charge on any atom is -0.504 e. The van der Waals surface area contributed by atoms with E-state index in [1.165, 1.54) is 14.2 Å². The van der Waals surface area contributed by atoms with Gasteiger partial charge in [-0.3, -0.25) is 4.79 Å². The van der Waals surface area contributed by atoms with Crippen LogP contribution < -0.4 is 5.56 Å². The molecular weight excluding hydrogens is 330 g/mol. The number of aromatic hydroxyl groups is 1. The molecule has 0 saturated heterocycles. The summed E-state index contributed by atoms with van der Waals surface area (Å²) in [6.07, 6.45) is 0. The van der Waals surface area contributed by atoms with Crippen molar-refractivity contribution >= 4 is 28.1 Å². The van der Waals surface area contributed by atoms with E-state index in [0.29, 0.717) is 5.56 Å². The van der Waals surface area contributed by atoms with Crippen LogP contribution in [-0.4, -0.2) is 27.7 Å². The second kappa shape index (κ2) is 6.33. The normalized spacial score (nSPS) is 11.7. The second-order valence-corrected chi connectivity index (χ2v) is 5.45. The van der Waals surface area contributed by atoms with Gasteiger partial charge in [0.05, 0.1) is 0 Å². The monoisotopic (exact) mass is 343 g/mol. The lowest BCUT2D eigenvalue weighted by molar-refractivity contribution is 0.214. The number of nitrogens with zero attached hydrogens (tertiary/aromatic N) is 3. The molecule has 0 aliphatic rings. The first-order valence-corrected chi connectivity index (χ1v) is 7.47. The standard InChI is InChI=1S/C17H14ClN3O3/c1-21-17(23)13(15(22)16(18)19-21)14(20-24-2)12-9-5-7-10-6-3-4-8-11(10)12/h3-9,22H,1-2H3/b20-14+. The Labute approximate surface area is 142 Å². The van der Waals surface area contributed by atoms with Crippen molar-refractivity contribution in [2.24, 2.45) is 12.2 Å². The highest BCUT2D eigenvalue weighted by atomic mass is 35.5. The van der Waals surface area contributed by atoms with Crippen LogP contribution in [0, 0.1) is 0 Å². The number of halogens is 1. The Kier molecular flexibility index (Phi) is 4.22. The van der Waals surface area contributed by atoms with Crippen molar-refractivity contribution in [1.29, 1.82) is 0 Å². The van der Waals surface area contributed by atoms with Crippen LogP contribution >= 0.6 is 11.6 Å². The first-order chi connectivity index (χ1) is 11.5. The van der Waals surface area contributed by atoms with Crippen molar-refractivity contribution < 1.29 is 9.94 Å². The van der Waals surface area contributed by atoms with E-state index >= 15 is 0 Å². The lowest BCUT2D eigenvalue weighted by Gasteiger charge is -2.12. The number of aryl methyl sites for hydroxylation is 1. The molecule has 0 fully saturated rings. The zero-order valence-electron chi connectivity index (χ0n) is 13.0. The Morgan fingerprint density at radius 2 is 1.96 bits per heavy atom. The molecule has 1 N–H and O–H groups in total. The highest BCUT2D eigenvalue weighted by Crippen LogP contribution is 2.27. The Balaban J connectivity index is 2.39. The summed E-state index contributed by atoms with van der Waals surface area (Å²) in [5.41, 5.74) is 0.248. The van der Waals surface area contributed by atoms with Gasteiger partial charge in [-0.25, -0.2) is 4.68 Å². The number of rotatable bonds is 3. The van der Waals surface area contributed by atoms with Gasteiger partial charge in [-0.2, -0.15) is 5.10 Å². The van der Waals surface area contributed by atoms with Crippen molar-refractivity contribution in [3.8, 4) is 5.75 Å². The molecule has 0 atom stereocenters. The fraction of sp³-hybridized carbons (Fsp3) is 0.118. The number of oxime groups is 1. The highest BCUT2D eigenvalue weighted by Gasteiger charge is 2.23. The average Bonchev–Trinajstić information content (AvgIpc) is 2.59. The first-order valence-electron chi connectivity index (χ1n) is 7.10. The average molecular weight is 344 g/mol. The zero-order valence-corrected chi connectivity index (χ0v) is 13.8. The largest absolute Gasteiger partial charge is 0.504 e. The van der Waals surface area contributed by atoms with Crippen LogP contribution in [0.15, 0.2) is 52.4 Å². The molecule has 2 aromatic carbocycles. The van der Waals surface area contributed by atoms with Gasteiger partial charge in [0.15, 0.2) is 10.9 Å². The van der Waals surface area contributed by atoms with E-state index in [0.717, 1.165) is 15.5 Å². The molecule has 1 aromatic heterocycles. The van der Waals surface area contributed by atoms with Gasteiger partial charge in [-0.05, 0) is 10.8 Å². The summed E-state index contributed by atoms with van der Waals surface area (Å²) in [4.78, 5) is 17.4. The van der Waals surface area contributed by atoms with E-state index in [4.69, 9.17) is 16.4 Å². The van der Waals surface area contributed by atoms with Crippen LogP contribution in [0.4, 0.5) is 0 Å². The molecule has 0 saturated carbocycles. The number of fused-ring (bicyclic) bond motifs is 1. The van der Waals surface area contributed by atoms with E-state index in [1.54, 1.807) is 6.07 Å². The minimum absolute atomic E-state index is 0.0595. The predicted octanol–water partition coefficient (Wildman–Crippen LogP) is 2.69. The molecule has 122 valence electrons. The molecule has 0 aliphatic carbocycles. The quantitative estimate of drug-likeness (QED) is 0.586. The molecule has 0 bridgehead atoms. The second-order valence-electron chi connectivity index (χ2n) is 5.09. The van der Waals surface area contributed by atoms with Crippen LogP contribution in [0.5, 0.6) is 5.75 Å². The number of aromatic nitrogens is 2. The van der Waals surface area contributed by atoms with E-state index in [2.05, 4.69) is 10.3 Å². The topological polar surface area (TPSA) is 76.7 Å². The van der Waals surface area contributed by atoms with Crippen molar-refractivity contribution in [2.75, 3.05) is 7.11 Å². The van der Waals surface area contributed by atoms with Gasteiger partial charge in [0.2, 0.25) is 0 Å². The van der Waals surface area contributed by atoms with Gasteiger partial charge in [-0.1, -0.05) is 59.2 Å². The lowest BCUT2D eigenvalue weighted by atomic mass is 9.97. The van der Waals surface area contributed by atoms with Crippen molar-refractivity contribution in [1.82, 2.24) is 9.78 Å². The maximum atomic E-state index is 12.5. The summed E-state index contributed by atoms with van der Waals surface area (Å²) in [6, 6.07) is 13.2. The van der Waals surface area contributed by atoms with Gasteiger partial charge in [0.25, 0.3) is 5.56 Å². The third-order valence-electron chi connectivity index (χ3n) is 3.64. The van der Waals surface area contributed by atoms with Crippen LogP contribution in [-0.2, 0) is 11.9 Å². The van der Waals surface area contributed by atoms with Gasteiger partial charge >= 0.3 is 0 Å². The summed E-state index contributed by atoms with van der Waals surface area (Å²) in [5, 5.41) is 19.7. The molecule has 1 heterocycles. The summed E-state index contributed by atoms with van der Waals surface area (Å²) in [6.45, 7) is 0. The fourth-order valence-corrected chi connectivity index (χ4v) is 2.76. The molecule has 7 heteroatoms. The molecule has 0 amide bonds. The van der Waals surface area contributed by atoms with E-state index in [9.17, 15) is 9.90 Å². The Morgan fingerprint density at radius 1 is 1.25 bits per heavy atom. The highest BCUT2D eigenvalue weighted by molar-refractivity contribution is 6.32. The van der Waals surface area contributed by atoms with E-state index in [-0.39, 0.29) is 16.4 Å². The molecule has 6 nitrogen and oxygen atoms in total. The van der Waals surface area contributed by atoms with Crippen molar-refractivity contribution in [2.45, 2.75) is 0 Å². The molecule has 0 radical (unpaired) electrons. The predicted molar refractivity (Wildman–Crippen MR) is 92.7 cm³/mol. The van der Waals surface area contributed by atoms with Gasteiger partial charge in [0, 0.05) is 12.6 Å². The molecule has 24 heavy (non-hydrogen) atoms. The SMILES string of the molecule is CO/N=C(/c1c(O)c(Cl)nn(C)c1=O)c1cccc2ccccc12. The zero-order chi connectivity index (χ0) is 17.3. The third kappa shape index (κ3) is 2.61. The van der Waals surface area contributed by atoms with Gasteiger partial charge in [-0.15, -0.1) is 0 Å². The summed E-state index contributed by atoms with van der Waals surface area (Å²) in [5.74, 6) is -0.427. The molecule has 0 spiro atoms. The number of hydrogen-bond acceptors (Lipinski definition) is 5. The molecule has 3 aromatic rings.